The van der Waals surface area contributed by atoms with Gasteiger partial charge in [0.2, 0.25) is 0 Å². The molecule has 0 N–H and O–H groups in total. The molecule has 0 amide bonds. The average molecular weight is 383 g/mol. The van der Waals surface area contributed by atoms with Gasteiger partial charge in [0.25, 0.3) is 0 Å². The Hall–Kier alpha value is -2.44. The van der Waals surface area contributed by atoms with Crippen molar-refractivity contribution < 1.29 is 14.3 Å². The van der Waals surface area contributed by atoms with E-state index in [4.69, 9.17) is 9.47 Å². The summed E-state index contributed by atoms with van der Waals surface area (Å²) in [6.07, 6.45) is 2.01. The highest BCUT2D eigenvalue weighted by Gasteiger charge is 2.12. The summed E-state index contributed by atoms with van der Waals surface area (Å²) in [5, 5.41) is 5.70. The molecule has 0 aliphatic heterocycles. The maximum Gasteiger partial charge on any atom is 0.337 e. The number of esters is 1. The van der Waals surface area contributed by atoms with Crippen molar-refractivity contribution in [3.05, 3.63) is 54.2 Å². The molecule has 0 saturated heterocycles. The molecule has 0 unspecified atom stereocenters. The number of methoxy groups -OCH3 is 1. The maximum atomic E-state index is 11.6. The van der Waals surface area contributed by atoms with E-state index in [1.165, 1.54) is 7.11 Å². The zero-order valence-corrected chi connectivity index (χ0v) is 17.4. The van der Waals surface area contributed by atoms with Crippen LogP contribution in [0, 0.1) is 0 Å². The molecular weight excluding hydrogens is 356 g/mol. The van der Waals surface area contributed by atoms with Gasteiger partial charge >= 0.3 is 5.97 Å². The summed E-state index contributed by atoms with van der Waals surface area (Å²) in [5.74, 6) is -0.329. The number of nitrogens with zero attached hydrogens (tertiary/aromatic N) is 2. The van der Waals surface area contributed by atoms with E-state index in [0.717, 1.165) is 34.7 Å². The summed E-state index contributed by atoms with van der Waals surface area (Å²) in [6, 6.07) is 14.7. The number of benzene rings is 2. The molecule has 0 bridgehead atoms. The standard InChI is InChI=1S/C21H26N2O3Si/c1-25-21(24)17-7-5-16(6-8-17)18-9-10-19-14-23(22-20(19)13-18)15-26-11-12-27(2,3)4/h5-10,13-14H,11-12,15H2,1-4H3. The molecule has 1 aromatic heterocycles. The van der Waals surface area contributed by atoms with Crippen LogP contribution in [-0.4, -0.2) is 37.5 Å². The molecule has 0 radical (unpaired) electrons. The van der Waals surface area contributed by atoms with E-state index in [-0.39, 0.29) is 5.97 Å². The smallest absolute Gasteiger partial charge is 0.337 e. The van der Waals surface area contributed by atoms with Crippen molar-refractivity contribution in [2.24, 2.45) is 0 Å². The highest BCUT2D eigenvalue weighted by Crippen LogP contribution is 2.24. The molecule has 0 spiro atoms. The minimum Gasteiger partial charge on any atom is -0.465 e. The first-order valence-electron chi connectivity index (χ1n) is 9.09. The number of fused-ring (bicyclic) bond motifs is 1. The van der Waals surface area contributed by atoms with Gasteiger partial charge in [-0.25, -0.2) is 9.48 Å². The van der Waals surface area contributed by atoms with Crippen molar-refractivity contribution in [1.82, 2.24) is 9.78 Å². The quantitative estimate of drug-likeness (QED) is 0.334. The molecule has 2 aromatic carbocycles. The van der Waals surface area contributed by atoms with Crippen molar-refractivity contribution in [2.75, 3.05) is 13.7 Å². The molecule has 27 heavy (non-hydrogen) atoms. The first kappa shape index (κ1) is 19.3. The lowest BCUT2D eigenvalue weighted by Gasteiger charge is -2.15. The Bertz CT molecular complexity index is 927. The van der Waals surface area contributed by atoms with Crippen molar-refractivity contribution in [1.29, 1.82) is 0 Å². The predicted molar refractivity (Wildman–Crippen MR) is 111 cm³/mol. The normalized spacial score (nSPS) is 11.7. The zero-order chi connectivity index (χ0) is 19.4. The molecule has 0 atom stereocenters. The summed E-state index contributed by atoms with van der Waals surface area (Å²) in [7, 11) is 0.315. The van der Waals surface area contributed by atoms with Gasteiger partial charge in [0.05, 0.1) is 18.2 Å². The lowest BCUT2D eigenvalue weighted by molar-refractivity contribution is 0.0600. The topological polar surface area (TPSA) is 53.4 Å². The summed E-state index contributed by atoms with van der Waals surface area (Å²) < 4.78 is 12.4. The number of hydrogen-bond donors (Lipinski definition) is 0. The summed E-state index contributed by atoms with van der Waals surface area (Å²) >= 11 is 0. The van der Waals surface area contributed by atoms with E-state index in [1.54, 1.807) is 12.1 Å². The van der Waals surface area contributed by atoms with E-state index < -0.39 is 8.07 Å². The second-order valence-corrected chi connectivity index (χ2v) is 13.5. The Kier molecular flexibility index (Phi) is 5.77. The minimum absolute atomic E-state index is 0.329. The van der Waals surface area contributed by atoms with Crippen LogP contribution >= 0.6 is 0 Å². The SMILES string of the molecule is COC(=O)c1ccc(-c2ccc3cn(COCC[Si](C)(C)C)nc3c2)cc1. The fourth-order valence-electron chi connectivity index (χ4n) is 2.77. The molecule has 0 fully saturated rings. The number of ether oxygens (including phenoxy) is 2. The van der Waals surface area contributed by atoms with Gasteiger partial charge in [-0.15, -0.1) is 0 Å². The van der Waals surface area contributed by atoms with Crippen LogP contribution in [0.5, 0.6) is 0 Å². The van der Waals surface area contributed by atoms with Crippen LogP contribution in [0.1, 0.15) is 10.4 Å². The summed E-state index contributed by atoms with van der Waals surface area (Å²) in [5.41, 5.74) is 3.56. The second-order valence-electron chi connectivity index (χ2n) is 7.86. The van der Waals surface area contributed by atoms with Gasteiger partial charge in [0.1, 0.15) is 6.73 Å². The fourth-order valence-corrected chi connectivity index (χ4v) is 3.52. The summed E-state index contributed by atoms with van der Waals surface area (Å²) in [4.78, 5) is 11.6. The third-order valence-corrected chi connectivity index (χ3v) is 6.12. The largest absolute Gasteiger partial charge is 0.465 e. The van der Waals surface area contributed by atoms with Crippen molar-refractivity contribution >= 4 is 24.9 Å². The second kappa shape index (κ2) is 8.06. The predicted octanol–water partition coefficient (Wildman–Crippen LogP) is 4.80. The van der Waals surface area contributed by atoms with E-state index in [0.29, 0.717) is 12.3 Å². The van der Waals surface area contributed by atoms with E-state index in [9.17, 15) is 4.79 Å². The number of rotatable bonds is 7. The maximum absolute atomic E-state index is 11.6. The van der Waals surface area contributed by atoms with Crippen molar-refractivity contribution in [3.63, 3.8) is 0 Å². The lowest BCUT2D eigenvalue weighted by Crippen LogP contribution is -2.22. The third kappa shape index (κ3) is 5.05. The van der Waals surface area contributed by atoms with Crippen LogP contribution in [0.4, 0.5) is 0 Å². The van der Waals surface area contributed by atoms with Gasteiger partial charge in [-0.3, -0.25) is 0 Å². The molecule has 142 valence electrons. The fraction of sp³-hybridized carbons (Fsp3) is 0.333. The number of carbonyl (C=O) groups excluding carboxylic acids is 1. The van der Waals surface area contributed by atoms with Crippen LogP contribution in [0.15, 0.2) is 48.7 Å². The van der Waals surface area contributed by atoms with Crippen LogP contribution in [-0.2, 0) is 16.2 Å². The van der Waals surface area contributed by atoms with Crippen molar-refractivity contribution in [2.45, 2.75) is 32.4 Å². The molecule has 5 nitrogen and oxygen atoms in total. The van der Waals surface area contributed by atoms with E-state index in [2.05, 4.69) is 42.9 Å². The molecule has 0 saturated carbocycles. The van der Waals surface area contributed by atoms with E-state index in [1.807, 2.05) is 23.0 Å². The van der Waals surface area contributed by atoms with Crippen molar-refractivity contribution in [3.8, 4) is 11.1 Å². The van der Waals surface area contributed by atoms with Crippen LogP contribution in [0.2, 0.25) is 25.7 Å². The van der Waals surface area contributed by atoms with Gasteiger partial charge in [-0.1, -0.05) is 43.9 Å². The van der Waals surface area contributed by atoms with Gasteiger partial charge < -0.3 is 9.47 Å². The number of carbonyl (C=O) groups is 1. The Morgan fingerprint density at radius 1 is 1.07 bits per heavy atom. The Balaban J connectivity index is 1.71. The number of hydrogen-bond acceptors (Lipinski definition) is 4. The highest BCUT2D eigenvalue weighted by atomic mass is 28.3. The van der Waals surface area contributed by atoms with Gasteiger partial charge in [0.15, 0.2) is 0 Å². The first-order chi connectivity index (χ1) is 12.9. The zero-order valence-electron chi connectivity index (χ0n) is 16.4. The monoisotopic (exact) mass is 382 g/mol. The molecule has 6 heteroatoms. The van der Waals surface area contributed by atoms with Crippen LogP contribution in [0.25, 0.3) is 22.0 Å². The molecule has 0 aliphatic rings. The molecule has 3 aromatic rings. The third-order valence-electron chi connectivity index (χ3n) is 4.41. The first-order valence-corrected chi connectivity index (χ1v) is 12.8. The molecule has 1 heterocycles. The Labute approximate surface area is 160 Å². The average Bonchev–Trinajstić information content (AvgIpc) is 3.06. The van der Waals surface area contributed by atoms with E-state index >= 15 is 0 Å². The Morgan fingerprint density at radius 2 is 1.78 bits per heavy atom. The highest BCUT2D eigenvalue weighted by molar-refractivity contribution is 6.76. The molecule has 3 rings (SSSR count). The lowest BCUT2D eigenvalue weighted by atomic mass is 10.0. The van der Waals surface area contributed by atoms with Gasteiger partial charge in [0, 0.05) is 26.3 Å². The number of aromatic nitrogens is 2. The molecule has 0 aliphatic carbocycles. The van der Waals surface area contributed by atoms with Gasteiger partial charge in [-0.05, 0) is 35.4 Å². The summed E-state index contributed by atoms with van der Waals surface area (Å²) in [6.45, 7) is 8.29. The van der Waals surface area contributed by atoms with Crippen LogP contribution < -0.4 is 0 Å². The minimum atomic E-state index is -1.07. The van der Waals surface area contributed by atoms with Gasteiger partial charge in [-0.2, -0.15) is 5.10 Å². The van der Waals surface area contributed by atoms with Crippen LogP contribution in [0.3, 0.4) is 0 Å². The Morgan fingerprint density at radius 3 is 2.44 bits per heavy atom. The molecular formula is C21H26N2O3Si.